The van der Waals surface area contributed by atoms with Gasteiger partial charge in [-0.3, -0.25) is 4.79 Å². The lowest BCUT2D eigenvalue weighted by Gasteiger charge is -2.08. The normalized spacial score (nSPS) is 10.9. The highest BCUT2D eigenvalue weighted by Crippen LogP contribution is 2.28. The van der Waals surface area contributed by atoms with E-state index in [1.807, 2.05) is 18.2 Å². The number of rotatable bonds is 6. The molecule has 0 unspecified atom stereocenters. The monoisotopic (exact) mass is 354 g/mol. The molecule has 0 aliphatic heterocycles. The summed E-state index contributed by atoms with van der Waals surface area (Å²) >= 11 is 4.92. The third kappa shape index (κ3) is 3.93. The number of aryl methyl sites for hydroxylation is 1. The Hall–Kier alpha value is -1.14. The summed E-state index contributed by atoms with van der Waals surface area (Å²) in [6.45, 7) is 2.09. The summed E-state index contributed by atoms with van der Waals surface area (Å²) in [5, 5.41) is 10.6. The van der Waals surface area contributed by atoms with Crippen molar-refractivity contribution >= 4 is 44.6 Å². The quantitative estimate of drug-likeness (QED) is 0.629. The number of carboxylic acids is 1. The summed E-state index contributed by atoms with van der Waals surface area (Å²) in [5.41, 5.74) is 0.907. The van der Waals surface area contributed by atoms with Crippen molar-refractivity contribution in [2.24, 2.45) is 0 Å². The van der Waals surface area contributed by atoms with E-state index in [-0.39, 0.29) is 6.42 Å². The zero-order chi connectivity index (χ0) is 14.5. The van der Waals surface area contributed by atoms with Crippen molar-refractivity contribution < 1.29 is 9.90 Å². The average Bonchev–Trinajstić information content (AvgIpc) is 2.39. The maximum absolute atomic E-state index is 10.6. The van der Waals surface area contributed by atoms with Gasteiger partial charge in [-0.2, -0.15) is 0 Å². The zero-order valence-electron chi connectivity index (χ0n) is 11.1. The van der Waals surface area contributed by atoms with Gasteiger partial charge in [0.1, 0.15) is 10.9 Å². The van der Waals surface area contributed by atoms with Crippen molar-refractivity contribution in [3.8, 4) is 0 Å². The first-order valence-corrected chi connectivity index (χ1v) is 8.18. The lowest BCUT2D eigenvalue weighted by Crippen LogP contribution is -2.00. The van der Waals surface area contributed by atoms with E-state index in [4.69, 9.17) is 5.11 Å². The van der Waals surface area contributed by atoms with Crippen LogP contribution < -0.4 is 0 Å². The van der Waals surface area contributed by atoms with Gasteiger partial charge >= 0.3 is 5.97 Å². The number of aliphatic carboxylic acids is 1. The van der Waals surface area contributed by atoms with Gasteiger partial charge < -0.3 is 5.11 Å². The Morgan fingerprint density at radius 1 is 1.40 bits per heavy atom. The van der Waals surface area contributed by atoms with Crippen molar-refractivity contribution in [1.82, 2.24) is 9.97 Å². The number of halogens is 1. The highest BCUT2D eigenvalue weighted by Gasteiger charge is 2.09. The van der Waals surface area contributed by atoms with Gasteiger partial charge in [0.05, 0.1) is 11.9 Å². The summed E-state index contributed by atoms with van der Waals surface area (Å²) < 4.78 is 0.969. The van der Waals surface area contributed by atoms with E-state index in [1.165, 1.54) is 11.8 Å². The highest BCUT2D eigenvalue weighted by molar-refractivity contribution is 9.10. The Bertz CT molecular complexity index is 634. The molecular weight excluding hydrogens is 340 g/mol. The van der Waals surface area contributed by atoms with Crippen LogP contribution in [0.3, 0.4) is 0 Å². The molecule has 1 heterocycles. The molecule has 0 saturated heterocycles. The number of aromatic nitrogens is 2. The summed E-state index contributed by atoms with van der Waals surface area (Å²) in [7, 11) is 0. The first-order chi connectivity index (χ1) is 9.60. The largest absolute Gasteiger partial charge is 0.481 e. The number of fused-ring (bicyclic) bond motifs is 1. The van der Waals surface area contributed by atoms with Crippen molar-refractivity contribution in [1.29, 1.82) is 0 Å². The van der Waals surface area contributed by atoms with E-state index >= 15 is 0 Å². The molecule has 0 fully saturated rings. The van der Waals surface area contributed by atoms with Crippen molar-refractivity contribution in [3.63, 3.8) is 0 Å². The second-order valence-corrected chi connectivity index (χ2v) is 6.35. The van der Waals surface area contributed by atoms with Crippen LogP contribution in [0.15, 0.2) is 27.7 Å². The van der Waals surface area contributed by atoms with Gasteiger partial charge in [-0.1, -0.05) is 22.9 Å². The predicted octanol–water partition coefficient (Wildman–Crippen LogP) is 3.91. The minimum atomic E-state index is -0.786. The molecule has 0 aliphatic rings. The molecule has 0 atom stereocenters. The van der Waals surface area contributed by atoms with Gasteiger partial charge in [0.2, 0.25) is 0 Å². The van der Waals surface area contributed by atoms with Gasteiger partial charge in [-0.15, -0.1) is 11.8 Å². The summed E-state index contributed by atoms with van der Waals surface area (Å²) in [5.74, 6) is 0.547. The van der Waals surface area contributed by atoms with Crippen LogP contribution >= 0.6 is 27.7 Å². The fourth-order valence-electron chi connectivity index (χ4n) is 1.80. The van der Waals surface area contributed by atoms with Crippen LogP contribution in [0.4, 0.5) is 0 Å². The SMILES string of the molecule is CCCc1nc(SCCC(=O)O)c2cc(Br)ccc2n1. The van der Waals surface area contributed by atoms with Crippen LogP contribution in [0, 0.1) is 0 Å². The van der Waals surface area contributed by atoms with Crippen LogP contribution in [0.2, 0.25) is 0 Å². The van der Waals surface area contributed by atoms with E-state index in [9.17, 15) is 4.79 Å². The summed E-state index contributed by atoms with van der Waals surface area (Å²) in [6, 6.07) is 5.90. The van der Waals surface area contributed by atoms with Crippen molar-refractivity contribution in [2.75, 3.05) is 5.75 Å². The van der Waals surface area contributed by atoms with Gasteiger partial charge in [0.25, 0.3) is 0 Å². The molecule has 1 N–H and O–H groups in total. The molecule has 1 aromatic carbocycles. The van der Waals surface area contributed by atoms with Crippen LogP contribution in [0.1, 0.15) is 25.6 Å². The standard InChI is InChI=1S/C14H15BrN2O2S/c1-2-3-12-16-11-5-4-9(15)8-10(11)14(17-12)20-7-6-13(18)19/h4-5,8H,2-3,6-7H2,1H3,(H,18,19). The van der Waals surface area contributed by atoms with Crippen LogP contribution in [0.25, 0.3) is 10.9 Å². The smallest absolute Gasteiger partial charge is 0.304 e. The number of carbonyl (C=O) groups is 1. The number of benzene rings is 1. The van der Waals surface area contributed by atoms with E-state index in [1.54, 1.807) is 0 Å². The molecular formula is C14H15BrN2O2S. The van der Waals surface area contributed by atoms with Crippen LogP contribution in [-0.4, -0.2) is 26.8 Å². The number of hydrogen-bond acceptors (Lipinski definition) is 4. The van der Waals surface area contributed by atoms with E-state index in [0.717, 1.165) is 39.1 Å². The van der Waals surface area contributed by atoms with Crippen LogP contribution in [0.5, 0.6) is 0 Å². The predicted molar refractivity (Wildman–Crippen MR) is 84.2 cm³/mol. The van der Waals surface area contributed by atoms with Crippen LogP contribution in [-0.2, 0) is 11.2 Å². The zero-order valence-corrected chi connectivity index (χ0v) is 13.5. The molecule has 2 aromatic rings. The molecule has 0 radical (unpaired) electrons. The van der Waals surface area contributed by atoms with Crippen molar-refractivity contribution in [2.45, 2.75) is 31.2 Å². The Balaban J connectivity index is 2.36. The Morgan fingerprint density at radius 3 is 2.90 bits per heavy atom. The second kappa shape index (κ2) is 7.04. The topological polar surface area (TPSA) is 63.1 Å². The Morgan fingerprint density at radius 2 is 2.20 bits per heavy atom. The molecule has 0 aliphatic carbocycles. The summed E-state index contributed by atoms with van der Waals surface area (Å²) in [4.78, 5) is 19.7. The fourth-order valence-corrected chi connectivity index (χ4v) is 3.12. The maximum atomic E-state index is 10.6. The minimum absolute atomic E-state index is 0.132. The molecule has 2 rings (SSSR count). The Kier molecular flexibility index (Phi) is 5.37. The van der Waals surface area contributed by atoms with E-state index in [0.29, 0.717) is 5.75 Å². The molecule has 1 aromatic heterocycles. The first kappa shape index (κ1) is 15.3. The Labute approximate surface area is 130 Å². The molecule has 0 spiro atoms. The van der Waals surface area contributed by atoms with Gasteiger partial charge in [-0.25, -0.2) is 9.97 Å². The molecule has 0 bridgehead atoms. The fraction of sp³-hybridized carbons (Fsp3) is 0.357. The molecule has 106 valence electrons. The number of nitrogens with zero attached hydrogens (tertiary/aromatic N) is 2. The first-order valence-electron chi connectivity index (χ1n) is 6.41. The van der Waals surface area contributed by atoms with Gasteiger partial charge in [0.15, 0.2) is 0 Å². The van der Waals surface area contributed by atoms with Crippen molar-refractivity contribution in [3.05, 3.63) is 28.5 Å². The number of hydrogen-bond donors (Lipinski definition) is 1. The van der Waals surface area contributed by atoms with E-state index < -0.39 is 5.97 Å². The molecule has 4 nitrogen and oxygen atoms in total. The molecule has 0 amide bonds. The minimum Gasteiger partial charge on any atom is -0.481 e. The van der Waals surface area contributed by atoms with Gasteiger partial charge in [0, 0.05) is 22.0 Å². The lowest BCUT2D eigenvalue weighted by molar-refractivity contribution is -0.136. The van der Waals surface area contributed by atoms with E-state index in [2.05, 4.69) is 32.8 Å². The second-order valence-electron chi connectivity index (χ2n) is 4.35. The summed E-state index contributed by atoms with van der Waals surface area (Å²) in [6.07, 6.45) is 1.95. The molecule has 6 heteroatoms. The molecule has 0 saturated carbocycles. The average molecular weight is 355 g/mol. The number of thioether (sulfide) groups is 1. The number of carboxylic acid groups (broad SMARTS) is 1. The lowest BCUT2D eigenvalue weighted by atomic mass is 10.2. The highest BCUT2D eigenvalue weighted by atomic mass is 79.9. The molecule has 20 heavy (non-hydrogen) atoms. The third-order valence-electron chi connectivity index (χ3n) is 2.70. The van der Waals surface area contributed by atoms with Gasteiger partial charge in [-0.05, 0) is 24.6 Å². The third-order valence-corrected chi connectivity index (χ3v) is 4.18. The maximum Gasteiger partial charge on any atom is 0.304 e.